The highest BCUT2D eigenvalue weighted by Gasteiger charge is 2.28. The van der Waals surface area contributed by atoms with E-state index in [1.165, 1.54) is 12.1 Å². The van der Waals surface area contributed by atoms with E-state index < -0.39 is 24.3 Å². The van der Waals surface area contributed by atoms with Crippen LogP contribution in [0, 0.1) is 5.92 Å². The van der Waals surface area contributed by atoms with Crippen LogP contribution in [0.2, 0.25) is 10.0 Å². The lowest BCUT2D eigenvalue weighted by Crippen LogP contribution is -2.52. The Balaban J connectivity index is 1.98. The fourth-order valence-electron chi connectivity index (χ4n) is 3.34. The molecule has 0 aliphatic carbocycles. The first-order valence-electron chi connectivity index (χ1n) is 9.45. The lowest BCUT2D eigenvalue weighted by atomic mass is 9.95. The van der Waals surface area contributed by atoms with E-state index in [-0.39, 0.29) is 45.8 Å². The summed E-state index contributed by atoms with van der Waals surface area (Å²) in [6.45, 7) is 4.28. The molecule has 1 saturated heterocycles. The van der Waals surface area contributed by atoms with Crippen LogP contribution in [0.4, 0.5) is 0 Å². The third kappa shape index (κ3) is 7.50. The molecule has 8 N–H and O–H groups in total. The molecular weight excluding hydrogens is 449 g/mol. The fraction of sp³-hybridized carbons (Fsp3) is 0.421. The number of nitrogens with two attached hydrogens (primary N) is 1. The van der Waals surface area contributed by atoms with Gasteiger partial charge in [0.2, 0.25) is 11.8 Å². The number of nitrogens with one attached hydrogen (secondary N) is 4. The molecule has 3 unspecified atom stereocenters. The standard InChI is InChI=1S/C19H25Cl2N5O5/c1-9(22)25-12-2-10(6-23-7-12)19(31)24-8-16(27)26-15(5-17(28)29)13-3-11(20)4-14(21)18(13)30/h3-4,10,12,15,23,25,30H,1-2,5-8,22H2,(H,24,31)(H,26,27)(H,28,29). The number of hydrogen-bond donors (Lipinski definition) is 7. The van der Waals surface area contributed by atoms with Crippen molar-refractivity contribution in [3.63, 3.8) is 0 Å². The average Bonchev–Trinajstić information content (AvgIpc) is 2.67. The number of aromatic hydroxyl groups is 1. The Morgan fingerprint density at radius 2 is 2.00 bits per heavy atom. The van der Waals surface area contributed by atoms with E-state index in [0.717, 1.165) is 0 Å². The first-order chi connectivity index (χ1) is 14.6. The molecule has 170 valence electrons. The monoisotopic (exact) mass is 473 g/mol. The van der Waals surface area contributed by atoms with E-state index in [4.69, 9.17) is 34.0 Å². The number of aliphatic carboxylic acids is 1. The van der Waals surface area contributed by atoms with Gasteiger partial charge in [-0.05, 0) is 18.6 Å². The largest absolute Gasteiger partial charge is 0.506 e. The zero-order valence-corrected chi connectivity index (χ0v) is 18.1. The summed E-state index contributed by atoms with van der Waals surface area (Å²) in [5.41, 5.74) is 5.60. The molecule has 3 atom stereocenters. The van der Waals surface area contributed by atoms with E-state index in [0.29, 0.717) is 25.3 Å². The first-order valence-corrected chi connectivity index (χ1v) is 10.2. The molecular formula is C19H25Cl2N5O5. The van der Waals surface area contributed by atoms with Crippen molar-refractivity contribution in [2.75, 3.05) is 19.6 Å². The second-order valence-corrected chi connectivity index (χ2v) is 8.06. The smallest absolute Gasteiger partial charge is 0.305 e. The van der Waals surface area contributed by atoms with Gasteiger partial charge in [-0.25, -0.2) is 0 Å². The molecule has 2 amide bonds. The number of carbonyl (C=O) groups is 3. The van der Waals surface area contributed by atoms with Crippen LogP contribution in [0.25, 0.3) is 0 Å². The Bertz CT molecular complexity index is 866. The van der Waals surface area contributed by atoms with Crippen molar-refractivity contribution in [1.82, 2.24) is 21.3 Å². The van der Waals surface area contributed by atoms with Gasteiger partial charge >= 0.3 is 5.97 Å². The summed E-state index contributed by atoms with van der Waals surface area (Å²) in [5.74, 6) is -2.64. The highest BCUT2D eigenvalue weighted by atomic mass is 35.5. The minimum absolute atomic E-state index is 0.0620. The molecule has 31 heavy (non-hydrogen) atoms. The Hall–Kier alpha value is -2.69. The van der Waals surface area contributed by atoms with Crippen molar-refractivity contribution in [3.05, 3.63) is 40.1 Å². The van der Waals surface area contributed by atoms with E-state index in [1.54, 1.807) is 0 Å². The van der Waals surface area contributed by atoms with E-state index in [2.05, 4.69) is 27.8 Å². The molecule has 1 aromatic carbocycles. The van der Waals surface area contributed by atoms with Gasteiger partial charge in [0, 0.05) is 29.7 Å². The maximum absolute atomic E-state index is 12.4. The van der Waals surface area contributed by atoms with Crippen molar-refractivity contribution in [3.8, 4) is 5.75 Å². The number of amides is 2. The van der Waals surface area contributed by atoms with E-state index >= 15 is 0 Å². The zero-order valence-electron chi connectivity index (χ0n) is 16.6. The fourth-order valence-corrected chi connectivity index (χ4v) is 3.84. The zero-order chi connectivity index (χ0) is 23.1. The highest BCUT2D eigenvalue weighted by Crippen LogP contribution is 2.36. The molecule has 2 rings (SSSR count). The van der Waals surface area contributed by atoms with Gasteiger partial charge in [0.1, 0.15) is 5.75 Å². The molecule has 0 saturated carbocycles. The van der Waals surface area contributed by atoms with Crippen molar-refractivity contribution in [1.29, 1.82) is 0 Å². The van der Waals surface area contributed by atoms with Crippen LogP contribution in [0.3, 0.4) is 0 Å². The summed E-state index contributed by atoms with van der Waals surface area (Å²) in [6, 6.07) is 1.45. The number of rotatable bonds is 9. The van der Waals surface area contributed by atoms with Crippen LogP contribution in [0.5, 0.6) is 5.75 Å². The quantitative estimate of drug-likeness (QED) is 0.271. The number of carboxylic acids is 1. The second-order valence-electron chi connectivity index (χ2n) is 7.22. The summed E-state index contributed by atoms with van der Waals surface area (Å²) in [5, 5.41) is 30.5. The number of halogens is 2. The normalized spacial score (nSPS) is 19.2. The van der Waals surface area contributed by atoms with Gasteiger partial charge in [0.05, 0.1) is 35.8 Å². The van der Waals surface area contributed by atoms with Crippen LogP contribution in [0.15, 0.2) is 24.5 Å². The Kier molecular flexibility index (Phi) is 8.78. The van der Waals surface area contributed by atoms with Crippen molar-refractivity contribution >= 4 is 41.0 Å². The number of phenolic OH excluding ortho intramolecular Hbond substituents is 1. The van der Waals surface area contributed by atoms with Crippen LogP contribution < -0.4 is 27.0 Å². The summed E-state index contributed by atoms with van der Waals surface area (Å²) in [4.78, 5) is 36.0. The van der Waals surface area contributed by atoms with Crippen LogP contribution >= 0.6 is 23.2 Å². The van der Waals surface area contributed by atoms with Crippen molar-refractivity contribution in [2.24, 2.45) is 11.7 Å². The van der Waals surface area contributed by atoms with Gasteiger partial charge in [-0.3, -0.25) is 14.4 Å². The molecule has 0 radical (unpaired) electrons. The number of phenols is 1. The summed E-state index contributed by atoms with van der Waals surface area (Å²) in [6.07, 6.45) is -0.0139. The molecule has 1 fully saturated rings. The SMILES string of the molecule is C=C(N)NC1CNCC(C(=O)NCC(=O)NC(CC(=O)O)c2cc(Cl)cc(Cl)c2O)C1. The molecule has 0 aromatic heterocycles. The Morgan fingerprint density at radius 3 is 2.65 bits per heavy atom. The molecule has 1 aliphatic rings. The lowest BCUT2D eigenvalue weighted by molar-refractivity contribution is -0.138. The lowest BCUT2D eigenvalue weighted by Gasteiger charge is -2.30. The van der Waals surface area contributed by atoms with Crippen LogP contribution in [0.1, 0.15) is 24.4 Å². The third-order valence-electron chi connectivity index (χ3n) is 4.68. The van der Waals surface area contributed by atoms with Gasteiger partial charge < -0.3 is 37.2 Å². The number of benzene rings is 1. The minimum Gasteiger partial charge on any atom is -0.506 e. The molecule has 10 nitrogen and oxygen atoms in total. The van der Waals surface area contributed by atoms with Gasteiger partial charge in [-0.2, -0.15) is 0 Å². The Labute approximate surface area is 189 Å². The Morgan fingerprint density at radius 1 is 1.29 bits per heavy atom. The number of carbonyl (C=O) groups excluding carboxylic acids is 2. The number of hydrogen-bond acceptors (Lipinski definition) is 7. The van der Waals surface area contributed by atoms with Crippen LogP contribution in [-0.4, -0.2) is 53.7 Å². The summed E-state index contributed by atoms with van der Waals surface area (Å²) >= 11 is 11.8. The van der Waals surface area contributed by atoms with E-state index in [9.17, 15) is 19.5 Å². The predicted octanol–water partition coefficient (Wildman–Crippen LogP) is 0.445. The number of piperidine rings is 1. The highest BCUT2D eigenvalue weighted by molar-refractivity contribution is 6.35. The third-order valence-corrected chi connectivity index (χ3v) is 5.19. The van der Waals surface area contributed by atoms with Gasteiger partial charge in [-0.1, -0.05) is 29.8 Å². The topological polar surface area (TPSA) is 166 Å². The maximum atomic E-state index is 12.4. The molecule has 1 aromatic rings. The van der Waals surface area contributed by atoms with Gasteiger partial charge in [-0.15, -0.1) is 0 Å². The minimum atomic E-state index is -1.21. The van der Waals surface area contributed by atoms with Gasteiger partial charge in [0.15, 0.2) is 0 Å². The van der Waals surface area contributed by atoms with Crippen molar-refractivity contribution in [2.45, 2.75) is 24.9 Å². The summed E-state index contributed by atoms with van der Waals surface area (Å²) < 4.78 is 0. The second kappa shape index (κ2) is 11.1. The van der Waals surface area contributed by atoms with E-state index in [1.807, 2.05) is 0 Å². The average molecular weight is 474 g/mol. The molecule has 12 heteroatoms. The predicted molar refractivity (Wildman–Crippen MR) is 116 cm³/mol. The summed E-state index contributed by atoms with van der Waals surface area (Å²) in [7, 11) is 0. The van der Waals surface area contributed by atoms with Crippen molar-refractivity contribution < 1.29 is 24.6 Å². The molecule has 1 heterocycles. The molecule has 0 spiro atoms. The van der Waals surface area contributed by atoms with Crippen LogP contribution in [-0.2, 0) is 14.4 Å². The molecule has 1 aliphatic heterocycles. The first kappa shape index (κ1) is 24.6. The number of carboxylic acid groups (broad SMARTS) is 1. The maximum Gasteiger partial charge on any atom is 0.305 e. The van der Waals surface area contributed by atoms with Gasteiger partial charge in [0.25, 0.3) is 0 Å². The molecule has 0 bridgehead atoms.